The van der Waals surface area contributed by atoms with E-state index in [0.717, 1.165) is 16.3 Å². The Kier molecular flexibility index (Phi) is 5.03. The van der Waals surface area contributed by atoms with Crippen LogP contribution in [-0.4, -0.2) is 23.9 Å². The summed E-state index contributed by atoms with van der Waals surface area (Å²) in [7, 11) is 0. The number of benzene rings is 1. The molecule has 1 heterocycles. The summed E-state index contributed by atoms with van der Waals surface area (Å²) in [4.78, 5) is 16.0. The summed E-state index contributed by atoms with van der Waals surface area (Å²) < 4.78 is 24.1. The fourth-order valence-electron chi connectivity index (χ4n) is 1.57. The zero-order chi connectivity index (χ0) is 14.5. The Morgan fingerprint density at radius 2 is 2.25 bits per heavy atom. The normalized spacial score (nSPS) is 10.8. The van der Waals surface area contributed by atoms with Gasteiger partial charge in [-0.05, 0) is 12.1 Å². The number of thiazole rings is 1. The molecule has 0 bridgehead atoms. The number of alkyl halides is 3. The highest BCUT2D eigenvalue weighted by Crippen LogP contribution is 2.25. The first kappa shape index (κ1) is 14.9. The van der Waals surface area contributed by atoms with Crippen molar-refractivity contribution < 1.29 is 13.6 Å². The van der Waals surface area contributed by atoms with Crippen LogP contribution in [0.15, 0.2) is 29.6 Å². The molecule has 1 aromatic heterocycles. The van der Waals surface area contributed by atoms with Gasteiger partial charge in [-0.3, -0.25) is 4.79 Å². The van der Waals surface area contributed by atoms with E-state index in [2.05, 4.69) is 10.3 Å². The molecule has 106 valence electrons. The molecule has 0 fully saturated rings. The first-order chi connectivity index (χ1) is 9.60. The number of rotatable bonds is 5. The molecule has 0 spiro atoms. The van der Waals surface area contributed by atoms with Gasteiger partial charge in [-0.25, -0.2) is 13.8 Å². The standard InChI is InChI=1S/C13H11ClF2N2OS/c14-5-10-7-20-13(18-10)9-3-1-2-8(4-9)12(19)17-6-11(15)16/h1-4,7,11H,5-6H2,(H,17,19). The monoisotopic (exact) mass is 316 g/mol. The van der Waals surface area contributed by atoms with Gasteiger partial charge in [0.2, 0.25) is 0 Å². The van der Waals surface area contributed by atoms with Crippen molar-refractivity contribution in [2.45, 2.75) is 12.3 Å². The quantitative estimate of drug-likeness (QED) is 0.857. The van der Waals surface area contributed by atoms with E-state index >= 15 is 0 Å². The van der Waals surface area contributed by atoms with Crippen LogP contribution in [-0.2, 0) is 5.88 Å². The minimum atomic E-state index is -2.56. The van der Waals surface area contributed by atoms with Gasteiger partial charge in [-0.2, -0.15) is 0 Å². The van der Waals surface area contributed by atoms with E-state index in [0.29, 0.717) is 11.4 Å². The Bertz CT molecular complexity index is 604. The fraction of sp³-hybridized carbons (Fsp3) is 0.231. The average Bonchev–Trinajstić information content (AvgIpc) is 2.94. The summed E-state index contributed by atoms with van der Waals surface area (Å²) in [5, 5.41) is 4.75. The molecule has 0 atom stereocenters. The van der Waals surface area contributed by atoms with Crippen molar-refractivity contribution in [3.63, 3.8) is 0 Å². The van der Waals surface area contributed by atoms with E-state index in [9.17, 15) is 13.6 Å². The summed E-state index contributed by atoms with van der Waals surface area (Å²) in [6.45, 7) is -0.656. The van der Waals surface area contributed by atoms with E-state index in [1.54, 1.807) is 24.3 Å². The summed E-state index contributed by atoms with van der Waals surface area (Å²) in [5.41, 5.74) is 1.85. The molecular formula is C13H11ClF2N2OS. The predicted molar refractivity (Wildman–Crippen MR) is 75.4 cm³/mol. The van der Waals surface area contributed by atoms with Crippen molar-refractivity contribution in [1.29, 1.82) is 0 Å². The zero-order valence-electron chi connectivity index (χ0n) is 10.3. The maximum Gasteiger partial charge on any atom is 0.255 e. The first-order valence-electron chi connectivity index (χ1n) is 5.77. The number of nitrogens with zero attached hydrogens (tertiary/aromatic N) is 1. The van der Waals surface area contributed by atoms with Crippen LogP contribution >= 0.6 is 22.9 Å². The van der Waals surface area contributed by atoms with Gasteiger partial charge in [-0.1, -0.05) is 12.1 Å². The highest BCUT2D eigenvalue weighted by Gasteiger charge is 2.11. The highest BCUT2D eigenvalue weighted by molar-refractivity contribution is 7.13. The van der Waals surface area contributed by atoms with Crippen LogP contribution in [0.4, 0.5) is 8.78 Å². The van der Waals surface area contributed by atoms with Crippen molar-refractivity contribution in [2.75, 3.05) is 6.54 Å². The van der Waals surface area contributed by atoms with Crippen LogP contribution in [0.2, 0.25) is 0 Å². The predicted octanol–water partition coefficient (Wildman–Crippen LogP) is 3.54. The van der Waals surface area contributed by atoms with Crippen LogP contribution in [0.3, 0.4) is 0 Å². The van der Waals surface area contributed by atoms with Crippen molar-refractivity contribution in [3.8, 4) is 10.6 Å². The lowest BCUT2D eigenvalue weighted by Gasteiger charge is -2.05. The van der Waals surface area contributed by atoms with E-state index in [1.165, 1.54) is 11.3 Å². The molecule has 0 saturated heterocycles. The van der Waals surface area contributed by atoms with Crippen LogP contribution < -0.4 is 5.32 Å². The molecule has 2 rings (SSSR count). The van der Waals surface area contributed by atoms with Gasteiger partial charge in [-0.15, -0.1) is 22.9 Å². The molecule has 1 amide bonds. The van der Waals surface area contributed by atoms with Crippen LogP contribution in [0.5, 0.6) is 0 Å². The second-order valence-electron chi connectivity index (χ2n) is 3.96. The molecule has 1 N–H and O–H groups in total. The Morgan fingerprint density at radius 1 is 1.45 bits per heavy atom. The summed E-state index contributed by atoms with van der Waals surface area (Å²) in [5.74, 6) is -0.202. The molecule has 20 heavy (non-hydrogen) atoms. The molecule has 0 aliphatic heterocycles. The Hall–Kier alpha value is -1.53. The van der Waals surface area contributed by atoms with Crippen LogP contribution in [0.1, 0.15) is 16.1 Å². The second kappa shape index (κ2) is 6.76. The SMILES string of the molecule is O=C(NCC(F)F)c1cccc(-c2nc(CCl)cs2)c1. The van der Waals surface area contributed by atoms with Gasteiger partial charge in [0.05, 0.1) is 18.1 Å². The average molecular weight is 317 g/mol. The van der Waals surface area contributed by atoms with Gasteiger partial charge < -0.3 is 5.32 Å². The molecule has 2 aromatic rings. The molecule has 1 aromatic carbocycles. The largest absolute Gasteiger partial charge is 0.346 e. The van der Waals surface area contributed by atoms with Gasteiger partial charge >= 0.3 is 0 Å². The van der Waals surface area contributed by atoms with E-state index in [4.69, 9.17) is 11.6 Å². The van der Waals surface area contributed by atoms with Crippen molar-refractivity contribution >= 4 is 28.8 Å². The van der Waals surface area contributed by atoms with Crippen LogP contribution in [0.25, 0.3) is 10.6 Å². The minimum Gasteiger partial charge on any atom is -0.346 e. The lowest BCUT2D eigenvalue weighted by atomic mass is 10.1. The van der Waals surface area contributed by atoms with Gasteiger partial charge in [0.25, 0.3) is 12.3 Å². The maximum atomic E-state index is 12.1. The number of hydrogen-bond acceptors (Lipinski definition) is 3. The number of halogens is 3. The van der Waals surface area contributed by atoms with Crippen molar-refractivity contribution in [3.05, 3.63) is 40.9 Å². The van der Waals surface area contributed by atoms with E-state index in [-0.39, 0.29) is 0 Å². The second-order valence-corrected chi connectivity index (χ2v) is 5.08. The maximum absolute atomic E-state index is 12.1. The summed E-state index contributed by atoms with van der Waals surface area (Å²) in [6.07, 6.45) is -2.56. The Morgan fingerprint density at radius 3 is 2.90 bits per heavy atom. The summed E-state index contributed by atoms with van der Waals surface area (Å²) in [6, 6.07) is 6.69. The third-order valence-electron chi connectivity index (χ3n) is 2.48. The first-order valence-corrected chi connectivity index (χ1v) is 7.18. The number of carbonyl (C=O) groups excluding carboxylic acids is 1. The third kappa shape index (κ3) is 3.74. The Balaban J connectivity index is 2.17. The molecule has 0 aliphatic rings. The smallest absolute Gasteiger partial charge is 0.255 e. The molecule has 0 radical (unpaired) electrons. The van der Waals surface area contributed by atoms with E-state index < -0.39 is 18.9 Å². The van der Waals surface area contributed by atoms with Gasteiger partial charge in [0.1, 0.15) is 5.01 Å². The van der Waals surface area contributed by atoms with Crippen LogP contribution in [0, 0.1) is 0 Å². The number of amides is 1. The molecular weight excluding hydrogens is 306 g/mol. The summed E-state index contributed by atoms with van der Waals surface area (Å²) >= 11 is 7.11. The lowest BCUT2D eigenvalue weighted by Crippen LogP contribution is -2.28. The van der Waals surface area contributed by atoms with Crippen molar-refractivity contribution in [2.24, 2.45) is 0 Å². The number of aromatic nitrogens is 1. The number of nitrogens with one attached hydrogen (secondary N) is 1. The zero-order valence-corrected chi connectivity index (χ0v) is 11.8. The molecule has 3 nitrogen and oxygen atoms in total. The minimum absolute atomic E-state index is 0.324. The number of carbonyl (C=O) groups is 1. The van der Waals surface area contributed by atoms with Gasteiger partial charge in [0, 0.05) is 16.5 Å². The molecule has 0 unspecified atom stereocenters. The van der Waals surface area contributed by atoms with Gasteiger partial charge in [0.15, 0.2) is 0 Å². The molecule has 0 aliphatic carbocycles. The molecule has 0 saturated carbocycles. The topological polar surface area (TPSA) is 42.0 Å². The Labute approximate surface area is 123 Å². The lowest BCUT2D eigenvalue weighted by molar-refractivity contribution is 0.0892. The fourth-order valence-corrected chi connectivity index (χ4v) is 2.61. The third-order valence-corrected chi connectivity index (χ3v) is 3.69. The van der Waals surface area contributed by atoms with Crippen molar-refractivity contribution in [1.82, 2.24) is 10.3 Å². The highest BCUT2D eigenvalue weighted by atomic mass is 35.5. The number of hydrogen-bond donors (Lipinski definition) is 1. The molecule has 7 heteroatoms. The van der Waals surface area contributed by atoms with E-state index in [1.807, 2.05) is 5.38 Å².